The van der Waals surface area contributed by atoms with E-state index in [0.29, 0.717) is 11.4 Å². The van der Waals surface area contributed by atoms with Gasteiger partial charge in [0.1, 0.15) is 21.3 Å². The number of methoxy groups -OCH3 is 1. The van der Waals surface area contributed by atoms with E-state index in [-0.39, 0.29) is 10.6 Å². The molecule has 30 heavy (non-hydrogen) atoms. The van der Waals surface area contributed by atoms with Gasteiger partial charge in [-0.1, -0.05) is 24.3 Å². The Labute approximate surface area is 176 Å². The lowest BCUT2D eigenvalue weighted by atomic mass is 10.2. The van der Waals surface area contributed by atoms with E-state index >= 15 is 0 Å². The first kappa shape index (κ1) is 21.7. The van der Waals surface area contributed by atoms with Gasteiger partial charge < -0.3 is 8.92 Å². The number of rotatable bonds is 7. The van der Waals surface area contributed by atoms with Gasteiger partial charge in [0.05, 0.1) is 12.8 Å². The minimum Gasteiger partial charge on any atom is -0.497 e. The Morgan fingerprint density at radius 3 is 2.00 bits per heavy atom. The molecule has 0 amide bonds. The quantitative estimate of drug-likeness (QED) is 0.514. The van der Waals surface area contributed by atoms with Crippen LogP contribution in [0.1, 0.15) is 5.56 Å². The number of aryl methyl sites for hydroxylation is 1. The molecule has 0 aliphatic rings. The number of hydrogen-bond acceptors (Lipinski definition) is 6. The monoisotopic (exact) mass is 447 g/mol. The second kappa shape index (κ2) is 8.37. The highest BCUT2D eigenvalue weighted by atomic mass is 32.2. The van der Waals surface area contributed by atoms with Crippen LogP contribution in [0.15, 0.2) is 82.6 Å². The zero-order valence-electron chi connectivity index (χ0n) is 16.6. The highest BCUT2D eigenvalue weighted by Gasteiger charge is 2.31. The number of nitrogens with zero attached hydrogens (tertiary/aromatic N) is 1. The zero-order valence-corrected chi connectivity index (χ0v) is 18.3. The van der Waals surface area contributed by atoms with Crippen molar-refractivity contribution >= 4 is 25.8 Å². The van der Waals surface area contributed by atoms with Crippen molar-refractivity contribution in [1.82, 2.24) is 0 Å². The van der Waals surface area contributed by atoms with Crippen LogP contribution in [0.5, 0.6) is 11.5 Å². The largest absolute Gasteiger partial charge is 0.497 e. The smallest absolute Gasteiger partial charge is 0.340 e. The van der Waals surface area contributed by atoms with Crippen molar-refractivity contribution in [2.75, 3.05) is 18.5 Å². The molecule has 3 aromatic rings. The maximum Gasteiger partial charge on any atom is 0.340 e. The summed E-state index contributed by atoms with van der Waals surface area (Å²) in [5, 5.41) is 0. The average molecular weight is 448 g/mol. The van der Waals surface area contributed by atoms with Crippen LogP contribution >= 0.6 is 0 Å². The molecule has 0 fully saturated rings. The molecule has 0 heterocycles. The summed E-state index contributed by atoms with van der Waals surface area (Å²) in [7, 11) is -5.73. The lowest BCUT2D eigenvalue weighted by molar-refractivity contribution is 0.415. The Bertz CT molecular complexity index is 1250. The average Bonchev–Trinajstić information content (AvgIpc) is 2.73. The number of hydrogen-bond donors (Lipinski definition) is 0. The van der Waals surface area contributed by atoms with Crippen LogP contribution in [0.2, 0.25) is 0 Å². The van der Waals surface area contributed by atoms with Crippen molar-refractivity contribution < 1.29 is 25.8 Å². The summed E-state index contributed by atoms with van der Waals surface area (Å²) in [5.41, 5.74) is 1.16. The molecule has 0 N–H and O–H groups in total. The van der Waals surface area contributed by atoms with Crippen LogP contribution in [0.3, 0.4) is 0 Å². The summed E-state index contributed by atoms with van der Waals surface area (Å²) < 4.78 is 63.6. The predicted molar refractivity (Wildman–Crippen MR) is 114 cm³/mol. The first-order valence-electron chi connectivity index (χ1n) is 8.88. The Kier molecular flexibility index (Phi) is 6.04. The number of sulfonamides is 1. The molecule has 0 aliphatic heterocycles. The molecule has 0 radical (unpaired) electrons. The first-order chi connectivity index (χ1) is 14.1. The number of anilines is 1. The van der Waals surface area contributed by atoms with Crippen LogP contribution in [-0.2, 0) is 20.1 Å². The Morgan fingerprint density at radius 1 is 0.767 bits per heavy atom. The van der Waals surface area contributed by atoms with Crippen molar-refractivity contribution in [3.05, 3.63) is 78.4 Å². The van der Waals surface area contributed by atoms with Gasteiger partial charge in [0.2, 0.25) is 0 Å². The number of ether oxygens (including phenoxy) is 1. The van der Waals surface area contributed by atoms with Gasteiger partial charge in [-0.3, -0.25) is 4.31 Å². The van der Waals surface area contributed by atoms with Crippen molar-refractivity contribution in [3.63, 3.8) is 0 Å². The predicted octanol–water partition coefficient (Wildman–Crippen LogP) is 3.60. The van der Waals surface area contributed by atoms with E-state index in [2.05, 4.69) is 0 Å². The maximum atomic E-state index is 13.2. The lowest BCUT2D eigenvalue weighted by Gasteiger charge is -2.21. The molecule has 0 bridgehead atoms. The van der Waals surface area contributed by atoms with Crippen LogP contribution in [0.4, 0.5) is 5.69 Å². The molecule has 3 aromatic carbocycles. The van der Waals surface area contributed by atoms with E-state index in [1.807, 2.05) is 0 Å². The molecule has 9 heteroatoms. The topological polar surface area (TPSA) is 90.0 Å². The standard InChI is InChI=1S/C21H21NO6S2/c1-16-7-6-8-19(15-16)28-30(25,26)21-10-5-4-9-20(21)29(23,24)22(2)17-11-13-18(27-3)14-12-17/h4-15H,1-3H3. The minimum atomic E-state index is -4.40. The molecule has 0 aliphatic carbocycles. The molecular formula is C21H21NO6S2. The molecule has 158 valence electrons. The highest BCUT2D eigenvalue weighted by molar-refractivity contribution is 7.94. The summed E-state index contributed by atoms with van der Waals surface area (Å²) >= 11 is 0. The van der Waals surface area contributed by atoms with Gasteiger partial charge in [0.15, 0.2) is 0 Å². The summed E-state index contributed by atoms with van der Waals surface area (Å²) in [5.74, 6) is 0.671. The summed E-state index contributed by atoms with van der Waals surface area (Å²) in [6.07, 6.45) is 0. The van der Waals surface area contributed by atoms with Gasteiger partial charge >= 0.3 is 10.1 Å². The normalized spacial score (nSPS) is 11.7. The van der Waals surface area contributed by atoms with Crippen molar-refractivity contribution in [1.29, 1.82) is 0 Å². The third-order valence-electron chi connectivity index (χ3n) is 4.39. The van der Waals surface area contributed by atoms with Gasteiger partial charge in [-0.2, -0.15) is 8.42 Å². The van der Waals surface area contributed by atoms with Gasteiger partial charge in [-0.25, -0.2) is 8.42 Å². The second-order valence-corrected chi connectivity index (χ2v) is 9.92. The fourth-order valence-corrected chi connectivity index (χ4v) is 5.68. The van der Waals surface area contributed by atoms with Crippen molar-refractivity contribution in [2.45, 2.75) is 16.7 Å². The number of benzene rings is 3. The Hall–Kier alpha value is -3.04. The third kappa shape index (κ3) is 4.42. The molecule has 3 rings (SSSR count). The fraction of sp³-hybridized carbons (Fsp3) is 0.143. The molecule has 0 saturated heterocycles. The fourth-order valence-electron chi connectivity index (χ4n) is 2.79. The van der Waals surface area contributed by atoms with E-state index < -0.39 is 25.0 Å². The van der Waals surface area contributed by atoms with Crippen LogP contribution < -0.4 is 13.2 Å². The SMILES string of the molecule is COc1ccc(N(C)S(=O)(=O)c2ccccc2S(=O)(=O)Oc2cccc(C)c2)cc1. The molecule has 0 unspecified atom stereocenters. The van der Waals surface area contributed by atoms with Crippen molar-refractivity contribution in [3.8, 4) is 11.5 Å². The van der Waals surface area contributed by atoms with Gasteiger partial charge in [0.25, 0.3) is 10.0 Å². The van der Waals surface area contributed by atoms with E-state index in [0.717, 1.165) is 9.87 Å². The summed E-state index contributed by atoms with van der Waals surface area (Å²) in [4.78, 5) is -0.817. The highest BCUT2D eigenvalue weighted by Crippen LogP contribution is 2.30. The van der Waals surface area contributed by atoms with Gasteiger partial charge in [0, 0.05) is 7.05 Å². The minimum absolute atomic E-state index is 0.103. The van der Waals surface area contributed by atoms with Crippen LogP contribution in [0, 0.1) is 6.92 Å². The zero-order chi connectivity index (χ0) is 21.9. The molecular weight excluding hydrogens is 426 g/mol. The van der Waals surface area contributed by atoms with Crippen molar-refractivity contribution in [2.24, 2.45) is 0 Å². The Morgan fingerprint density at radius 2 is 1.40 bits per heavy atom. The first-order valence-corrected chi connectivity index (χ1v) is 11.7. The second-order valence-electron chi connectivity index (χ2n) is 6.47. The van der Waals surface area contributed by atoms with Crippen LogP contribution in [0.25, 0.3) is 0 Å². The lowest BCUT2D eigenvalue weighted by Crippen LogP contribution is -2.28. The summed E-state index contributed by atoms with van der Waals surface area (Å²) in [6.45, 7) is 1.79. The Balaban J connectivity index is 2.02. The molecule has 0 spiro atoms. The molecule has 0 atom stereocenters. The van der Waals surface area contributed by atoms with E-state index in [9.17, 15) is 16.8 Å². The van der Waals surface area contributed by atoms with E-state index in [1.54, 1.807) is 49.4 Å². The molecule has 0 aromatic heterocycles. The van der Waals surface area contributed by atoms with Crippen LogP contribution in [-0.4, -0.2) is 31.0 Å². The molecule has 0 saturated carbocycles. The van der Waals surface area contributed by atoms with E-state index in [1.165, 1.54) is 44.5 Å². The molecule has 7 nitrogen and oxygen atoms in total. The maximum absolute atomic E-state index is 13.2. The third-order valence-corrected chi connectivity index (χ3v) is 7.67. The summed E-state index contributed by atoms with van der Waals surface area (Å²) in [6, 6.07) is 18.2. The van der Waals surface area contributed by atoms with Gasteiger partial charge in [-0.15, -0.1) is 0 Å². The van der Waals surface area contributed by atoms with E-state index in [4.69, 9.17) is 8.92 Å². The van der Waals surface area contributed by atoms with Gasteiger partial charge in [-0.05, 0) is 61.0 Å².